The number of phenolic OH excluding ortho intramolecular Hbond substituents is 1. The molecular formula is C21H25N3O3. The Bertz CT molecular complexity index is 840. The van der Waals surface area contributed by atoms with Gasteiger partial charge in [0.2, 0.25) is 0 Å². The van der Waals surface area contributed by atoms with E-state index in [0.717, 1.165) is 25.8 Å². The van der Waals surface area contributed by atoms with Crippen LogP contribution in [-0.4, -0.2) is 43.2 Å². The minimum Gasteiger partial charge on any atom is -0.508 e. The number of aromatic hydroxyl groups is 1. The van der Waals surface area contributed by atoms with Crippen LogP contribution in [0, 0.1) is 0 Å². The first-order chi connectivity index (χ1) is 13.1. The molecule has 142 valence electrons. The average Bonchev–Trinajstić information content (AvgIpc) is 3.24. The maximum Gasteiger partial charge on any atom is 0.289 e. The summed E-state index contributed by atoms with van der Waals surface area (Å²) in [5, 5.41) is 20.3. The lowest BCUT2D eigenvalue weighted by Gasteiger charge is -2.24. The van der Waals surface area contributed by atoms with Crippen LogP contribution in [0.1, 0.15) is 31.7 Å². The molecule has 27 heavy (non-hydrogen) atoms. The summed E-state index contributed by atoms with van der Waals surface area (Å²) in [6.07, 6.45) is 12.0. The number of nitrogens with zero attached hydrogens (tertiary/aromatic N) is 3. The first-order valence-corrected chi connectivity index (χ1v) is 9.27. The molecule has 2 N–H and O–H groups in total. The Hall–Kier alpha value is -3.02. The number of aliphatic hydroxyl groups is 1. The molecule has 0 saturated carbocycles. The third-order valence-electron chi connectivity index (χ3n) is 4.66. The number of imidazole rings is 1. The lowest BCUT2D eigenvalue weighted by atomic mass is 9.98. The van der Waals surface area contributed by atoms with Gasteiger partial charge in [0.1, 0.15) is 5.75 Å². The number of aromatic nitrogens is 2. The van der Waals surface area contributed by atoms with Crippen molar-refractivity contribution in [3.8, 4) is 5.75 Å². The Labute approximate surface area is 159 Å². The highest BCUT2D eigenvalue weighted by atomic mass is 16.3. The number of hydrogen-bond donors (Lipinski definition) is 2. The molecule has 0 saturated heterocycles. The van der Waals surface area contributed by atoms with Gasteiger partial charge in [0.25, 0.3) is 5.91 Å². The second-order valence-electron chi connectivity index (χ2n) is 6.63. The van der Waals surface area contributed by atoms with Crippen molar-refractivity contribution in [2.75, 3.05) is 6.54 Å². The van der Waals surface area contributed by atoms with Crippen LogP contribution >= 0.6 is 0 Å². The van der Waals surface area contributed by atoms with E-state index in [9.17, 15) is 15.0 Å². The number of hydrogen-bond acceptors (Lipinski definition) is 4. The van der Waals surface area contributed by atoms with Gasteiger partial charge in [0.05, 0.1) is 12.4 Å². The van der Waals surface area contributed by atoms with Gasteiger partial charge in [-0.2, -0.15) is 0 Å². The number of amides is 1. The number of rotatable bonds is 8. The number of phenols is 1. The molecule has 1 atom stereocenters. The zero-order valence-corrected chi connectivity index (χ0v) is 15.5. The van der Waals surface area contributed by atoms with Gasteiger partial charge in [0, 0.05) is 31.1 Å². The number of carbonyl (C=O) groups is 1. The zero-order chi connectivity index (χ0) is 19.2. The SMILES string of the molecule is CCCC=CC1C(c2cccc(O)c2)=C(O)C(=O)N1CCCn1ccnc1. The van der Waals surface area contributed by atoms with Crippen LogP contribution < -0.4 is 0 Å². The molecule has 1 aromatic heterocycles. The molecule has 6 heteroatoms. The molecule has 0 radical (unpaired) electrons. The van der Waals surface area contributed by atoms with Crippen molar-refractivity contribution in [2.45, 2.75) is 38.8 Å². The summed E-state index contributed by atoms with van der Waals surface area (Å²) < 4.78 is 1.96. The predicted octanol–water partition coefficient (Wildman–Crippen LogP) is 3.52. The zero-order valence-electron chi connectivity index (χ0n) is 15.5. The summed E-state index contributed by atoms with van der Waals surface area (Å²) >= 11 is 0. The van der Waals surface area contributed by atoms with E-state index < -0.39 is 0 Å². The molecule has 0 bridgehead atoms. The molecule has 1 aromatic carbocycles. The average molecular weight is 367 g/mol. The Kier molecular flexibility index (Phi) is 5.96. The van der Waals surface area contributed by atoms with Crippen LogP contribution in [0.15, 0.2) is 60.9 Å². The second-order valence-corrected chi connectivity index (χ2v) is 6.63. The number of unbranched alkanes of at least 4 members (excludes halogenated alkanes) is 1. The van der Waals surface area contributed by atoms with E-state index in [0.29, 0.717) is 17.7 Å². The van der Waals surface area contributed by atoms with Crippen LogP contribution in [0.4, 0.5) is 0 Å². The molecule has 3 rings (SSSR count). The van der Waals surface area contributed by atoms with Crippen LogP contribution in [-0.2, 0) is 11.3 Å². The fourth-order valence-electron chi connectivity index (χ4n) is 3.33. The lowest BCUT2D eigenvalue weighted by Crippen LogP contribution is -2.35. The van der Waals surface area contributed by atoms with E-state index in [-0.39, 0.29) is 23.5 Å². The van der Waals surface area contributed by atoms with Gasteiger partial charge >= 0.3 is 0 Å². The van der Waals surface area contributed by atoms with Crippen LogP contribution in [0.3, 0.4) is 0 Å². The van der Waals surface area contributed by atoms with E-state index in [1.54, 1.807) is 41.7 Å². The Morgan fingerprint density at radius 2 is 2.11 bits per heavy atom. The summed E-state index contributed by atoms with van der Waals surface area (Å²) in [5.74, 6) is -0.505. The van der Waals surface area contributed by atoms with Crippen molar-refractivity contribution in [3.63, 3.8) is 0 Å². The molecule has 1 aliphatic rings. The first-order valence-electron chi connectivity index (χ1n) is 9.27. The van der Waals surface area contributed by atoms with Gasteiger partial charge in [-0.3, -0.25) is 4.79 Å². The highest BCUT2D eigenvalue weighted by Crippen LogP contribution is 2.35. The molecule has 1 amide bonds. The molecule has 0 spiro atoms. The Balaban J connectivity index is 1.83. The quantitative estimate of drug-likeness (QED) is 0.700. The third kappa shape index (κ3) is 4.22. The topological polar surface area (TPSA) is 78.6 Å². The van der Waals surface area contributed by atoms with Gasteiger partial charge in [-0.15, -0.1) is 0 Å². The number of aryl methyl sites for hydroxylation is 1. The molecule has 0 aliphatic carbocycles. The fourth-order valence-corrected chi connectivity index (χ4v) is 3.33. The number of aliphatic hydroxyl groups excluding tert-OH is 1. The van der Waals surface area contributed by atoms with Crippen LogP contribution in [0.2, 0.25) is 0 Å². The monoisotopic (exact) mass is 367 g/mol. The predicted molar refractivity (Wildman–Crippen MR) is 104 cm³/mol. The summed E-state index contributed by atoms with van der Waals surface area (Å²) in [4.78, 5) is 18.4. The Morgan fingerprint density at radius 3 is 2.81 bits per heavy atom. The maximum atomic E-state index is 12.7. The maximum absolute atomic E-state index is 12.7. The van der Waals surface area contributed by atoms with E-state index >= 15 is 0 Å². The van der Waals surface area contributed by atoms with E-state index in [4.69, 9.17) is 0 Å². The van der Waals surface area contributed by atoms with Crippen molar-refractivity contribution in [1.29, 1.82) is 0 Å². The van der Waals surface area contributed by atoms with Crippen LogP contribution in [0.25, 0.3) is 5.57 Å². The van der Waals surface area contributed by atoms with Crippen molar-refractivity contribution in [3.05, 3.63) is 66.5 Å². The molecule has 2 heterocycles. The smallest absolute Gasteiger partial charge is 0.289 e. The summed E-state index contributed by atoms with van der Waals surface area (Å²) in [7, 11) is 0. The van der Waals surface area contributed by atoms with E-state index in [2.05, 4.69) is 11.9 Å². The number of benzene rings is 1. The standard InChI is InChI=1S/C21H25N3O3/c1-2-3-4-9-18-19(16-7-5-8-17(25)14-16)20(26)21(27)24(18)12-6-11-23-13-10-22-15-23/h4-5,7-10,13-15,18,25-26H,2-3,6,11-12H2,1H3. The first kappa shape index (κ1) is 18.8. The summed E-state index contributed by atoms with van der Waals surface area (Å²) in [6, 6.07) is 6.32. The van der Waals surface area contributed by atoms with Gasteiger partial charge in [-0.1, -0.05) is 37.6 Å². The summed E-state index contributed by atoms with van der Waals surface area (Å²) in [6.45, 7) is 3.36. The fraction of sp³-hybridized carbons (Fsp3) is 0.333. The van der Waals surface area contributed by atoms with Gasteiger partial charge in [0.15, 0.2) is 5.76 Å². The van der Waals surface area contributed by atoms with Gasteiger partial charge in [-0.05, 0) is 30.5 Å². The van der Waals surface area contributed by atoms with Crippen molar-refractivity contribution >= 4 is 11.5 Å². The minimum atomic E-state index is -0.370. The lowest BCUT2D eigenvalue weighted by molar-refractivity contribution is -0.128. The van der Waals surface area contributed by atoms with Crippen molar-refractivity contribution < 1.29 is 15.0 Å². The van der Waals surface area contributed by atoms with Crippen LogP contribution in [0.5, 0.6) is 5.75 Å². The highest BCUT2D eigenvalue weighted by molar-refractivity contribution is 6.05. The molecule has 0 fully saturated rings. The molecule has 1 aliphatic heterocycles. The highest BCUT2D eigenvalue weighted by Gasteiger charge is 2.38. The molecule has 2 aromatic rings. The second kappa shape index (κ2) is 8.58. The third-order valence-corrected chi connectivity index (χ3v) is 4.66. The number of allylic oxidation sites excluding steroid dienone is 1. The van der Waals surface area contributed by atoms with E-state index in [1.807, 2.05) is 22.9 Å². The van der Waals surface area contributed by atoms with Gasteiger partial charge < -0.3 is 19.7 Å². The minimum absolute atomic E-state index is 0.107. The van der Waals surface area contributed by atoms with Crippen molar-refractivity contribution in [2.24, 2.45) is 0 Å². The normalized spacial score (nSPS) is 17.4. The molecule has 1 unspecified atom stereocenters. The summed E-state index contributed by atoms with van der Waals surface area (Å²) in [5.41, 5.74) is 1.20. The number of carbonyl (C=O) groups excluding carboxylic acids is 1. The molecular weight excluding hydrogens is 342 g/mol. The van der Waals surface area contributed by atoms with Gasteiger partial charge in [-0.25, -0.2) is 4.98 Å². The Morgan fingerprint density at radius 1 is 1.26 bits per heavy atom. The largest absolute Gasteiger partial charge is 0.508 e. The van der Waals surface area contributed by atoms with E-state index in [1.165, 1.54) is 0 Å². The van der Waals surface area contributed by atoms with Crippen molar-refractivity contribution in [1.82, 2.24) is 14.5 Å². The molecule has 6 nitrogen and oxygen atoms in total.